The first-order valence-corrected chi connectivity index (χ1v) is 4.29. The van der Waals surface area contributed by atoms with E-state index in [0.717, 1.165) is 0 Å². The fraction of sp³-hybridized carbons (Fsp3) is 0.222. The van der Waals surface area contributed by atoms with Gasteiger partial charge in [0.25, 0.3) is 0 Å². The van der Waals surface area contributed by atoms with Gasteiger partial charge in [-0.25, -0.2) is 4.98 Å². The minimum Gasteiger partial charge on any atom is -0.323 e. The molecule has 0 saturated heterocycles. The van der Waals surface area contributed by atoms with Crippen LogP contribution in [0.5, 0.6) is 0 Å². The van der Waals surface area contributed by atoms with Gasteiger partial charge in [-0.2, -0.15) is 0 Å². The van der Waals surface area contributed by atoms with Gasteiger partial charge in [0.2, 0.25) is 11.8 Å². The van der Waals surface area contributed by atoms with Gasteiger partial charge in [-0.1, -0.05) is 5.46 Å². The Morgan fingerprint density at radius 2 is 1.87 bits per heavy atom. The highest BCUT2D eigenvalue weighted by Gasteiger charge is 2.06. The van der Waals surface area contributed by atoms with E-state index in [2.05, 4.69) is 15.6 Å². The summed E-state index contributed by atoms with van der Waals surface area (Å²) in [7, 11) is 5.51. The Morgan fingerprint density at radius 3 is 2.40 bits per heavy atom. The van der Waals surface area contributed by atoms with Crippen molar-refractivity contribution >= 4 is 36.6 Å². The number of carbonyl (C=O) groups excluding carboxylic acids is 2. The van der Waals surface area contributed by atoms with E-state index in [4.69, 9.17) is 7.85 Å². The topological polar surface area (TPSA) is 71.1 Å². The second-order valence-corrected chi connectivity index (χ2v) is 3.03. The maximum Gasteiger partial charge on any atom is 0.222 e. The highest BCUT2D eigenvalue weighted by Crippen LogP contribution is 2.16. The van der Waals surface area contributed by atoms with Gasteiger partial charge in [0.15, 0.2) is 5.82 Å². The third-order valence-electron chi connectivity index (χ3n) is 1.51. The van der Waals surface area contributed by atoms with Crippen LogP contribution in [0, 0.1) is 0 Å². The zero-order valence-electron chi connectivity index (χ0n) is 8.50. The Morgan fingerprint density at radius 1 is 1.27 bits per heavy atom. The molecular weight excluding hydrogens is 193 g/mol. The van der Waals surface area contributed by atoms with Gasteiger partial charge in [-0.05, 0) is 6.07 Å². The molecule has 6 heteroatoms. The molecule has 2 amide bonds. The van der Waals surface area contributed by atoms with E-state index in [1.54, 1.807) is 0 Å². The van der Waals surface area contributed by atoms with E-state index in [1.807, 2.05) is 0 Å². The first kappa shape index (κ1) is 11.2. The van der Waals surface area contributed by atoms with E-state index < -0.39 is 0 Å². The van der Waals surface area contributed by atoms with Crippen molar-refractivity contribution in [2.45, 2.75) is 13.8 Å². The fourth-order valence-electron chi connectivity index (χ4n) is 1.03. The molecule has 1 aromatic rings. The minimum absolute atomic E-state index is 0.256. The largest absolute Gasteiger partial charge is 0.323 e. The number of pyridine rings is 1. The monoisotopic (exact) mass is 203 g/mol. The molecule has 1 heterocycles. The fourth-order valence-corrected chi connectivity index (χ4v) is 1.03. The summed E-state index contributed by atoms with van der Waals surface area (Å²) in [6, 6.07) is 1.53. The van der Waals surface area contributed by atoms with Crippen LogP contribution in [-0.2, 0) is 9.59 Å². The first-order valence-electron chi connectivity index (χ1n) is 4.29. The van der Waals surface area contributed by atoms with Crippen LogP contribution in [0.4, 0.5) is 11.5 Å². The molecule has 76 valence electrons. The predicted octanol–water partition coefficient (Wildman–Crippen LogP) is -0.208. The van der Waals surface area contributed by atoms with Gasteiger partial charge in [-0.15, -0.1) is 0 Å². The van der Waals surface area contributed by atoms with E-state index in [0.29, 0.717) is 11.2 Å². The Kier molecular flexibility index (Phi) is 3.44. The van der Waals surface area contributed by atoms with Crippen molar-refractivity contribution < 1.29 is 9.59 Å². The van der Waals surface area contributed by atoms with Crippen molar-refractivity contribution in [3.63, 3.8) is 0 Å². The lowest BCUT2D eigenvalue weighted by Gasteiger charge is -2.09. The molecule has 0 fully saturated rings. The molecule has 0 bridgehead atoms. The van der Waals surface area contributed by atoms with E-state index in [-0.39, 0.29) is 17.6 Å². The molecule has 0 unspecified atom stereocenters. The lowest BCUT2D eigenvalue weighted by molar-refractivity contribution is -0.115. The van der Waals surface area contributed by atoms with E-state index in [1.165, 1.54) is 26.1 Å². The summed E-state index contributed by atoms with van der Waals surface area (Å²) in [5, 5.41) is 5.01. The third-order valence-corrected chi connectivity index (χ3v) is 1.51. The van der Waals surface area contributed by atoms with Gasteiger partial charge >= 0.3 is 0 Å². The molecular formula is C9H10BN3O2. The first-order chi connectivity index (χ1) is 6.99. The zero-order chi connectivity index (χ0) is 11.4. The Labute approximate surface area is 88.7 Å². The average molecular weight is 203 g/mol. The van der Waals surface area contributed by atoms with Gasteiger partial charge in [0, 0.05) is 20.0 Å². The standard InChI is InChI=1S/C9H10BN3O2/c1-5(14)12-8-3-7(10)4-11-9(8)13-6(2)15/h3-4H,1-2H3,(H,12,14)(H,11,13,15). The van der Waals surface area contributed by atoms with Gasteiger partial charge < -0.3 is 10.6 Å². The lowest BCUT2D eigenvalue weighted by atomic mass is 9.98. The molecule has 0 aromatic carbocycles. The lowest BCUT2D eigenvalue weighted by Crippen LogP contribution is -2.16. The SMILES string of the molecule is [B]c1cnc(NC(C)=O)c(NC(C)=O)c1. The minimum atomic E-state index is -0.265. The van der Waals surface area contributed by atoms with Crippen LogP contribution in [0.25, 0.3) is 0 Å². The van der Waals surface area contributed by atoms with Crippen molar-refractivity contribution in [1.29, 1.82) is 0 Å². The summed E-state index contributed by atoms with van der Waals surface area (Å²) in [5.41, 5.74) is 0.797. The average Bonchev–Trinajstić information content (AvgIpc) is 2.08. The molecule has 5 nitrogen and oxygen atoms in total. The highest BCUT2D eigenvalue weighted by atomic mass is 16.2. The molecule has 1 aromatic heterocycles. The second-order valence-electron chi connectivity index (χ2n) is 3.03. The summed E-state index contributed by atoms with van der Waals surface area (Å²) < 4.78 is 0. The molecule has 0 atom stereocenters. The van der Waals surface area contributed by atoms with E-state index in [9.17, 15) is 9.59 Å². The van der Waals surface area contributed by atoms with Crippen LogP contribution in [0.15, 0.2) is 12.3 Å². The summed E-state index contributed by atoms with van der Waals surface area (Å²) in [4.78, 5) is 25.6. The van der Waals surface area contributed by atoms with Crippen LogP contribution < -0.4 is 16.1 Å². The molecule has 0 aliphatic carbocycles. The molecule has 2 N–H and O–H groups in total. The number of rotatable bonds is 2. The summed E-state index contributed by atoms with van der Waals surface area (Å²) in [6.07, 6.45) is 1.40. The number of aromatic nitrogens is 1. The van der Waals surface area contributed by atoms with Gasteiger partial charge in [0.05, 0.1) is 5.69 Å². The predicted molar refractivity (Wildman–Crippen MR) is 58.2 cm³/mol. The van der Waals surface area contributed by atoms with Crippen LogP contribution in [0.3, 0.4) is 0 Å². The molecule has 0 aliphatic rings. The number of hydrogen-bond acceptors (Lipinski definition) is 3. The number of amides is 2. The molecule has 15 heavy (non-hydrogen) atoms. The molecule has 2 radical (unpaired) electrons. The Hall–Kier alpha value is -1.85. The van der Waals surface area contributed by atoms with E-state index >= 15 is 0 Å². The molecule has 0 saturated carbocycles. The smallest absolute Gasteiger partial charge is 0.222 e. The normalized spacial score (nSPS) is 9.47. The van der Waals surface area contributed by atoms with Crippen molar-refractivity contribution in [2.75, 3.05) is 10.6 Å². The van der Waals surface area contributed by atoms with Crippen LogP contribution in [0.2, 0.25) is 0 Å². The van der Waals surface area contributed by atoms with Crippen molar-refractivity contribution in [1.82, 2.24) is 4.98 Å². The quantitative estimate of drug-likeness (QED) is 0.653. The molecule has 1 rings (SSSR count). The Balaban J connectivity index is 3.02. The highest BCUT2D eigenvalue weighted by molar-refractivity contribution is 6.32. The maximum absolute atomic E-state index is 10.9. The van der Waals surface area contributed by atoms with Crippen molar-refractivity contribution in [3.8, 4) is 0 Å². The summed E-state index contributed by atoms with van der Waals surface area (Å²) in [6.45, 7) is 2.72. The number of carbonyl (C=O) groups is 2. The van der Waals surface area contributed by atoms with Gasteiger partial charge in [-0.3, -0.25) is 9.59 Å². The van der Waals surface area contributed by atoms with Gasteiger partial charge in [0.1, 0.15) is 7.85 Å². The zero-order valence-corrected chi connectivity index (χ0v) is 8.50. The van der Waals surface area contributed by atoms with Crippen LogP contribution in [0.1, 0.15) is 13.8 Å². The van der Waals surface area contributed by atoms with Crippen LogP contribution >= 0.6 is 0 Å². The number of nitrogens with zero attached hydrogens (tertiary/aromatic N) is 1. The van der Waals surface area contributed by atoms with Crippen molar-refractivity contribution in [3.05, 3.63) is 12.3 Å². The maximum atomic E-state index is 10.9. The summed E-state index contributed by atoms with van der Waals surface area (Å²) >= 11 is 0. The molecule has 0 aliphatic heterocycles. The second kappa shape index (κ2) is 4.59. The number of hydrogen-bond donors (Lipinski definition) is 2. The number of nitrogens with one attached hydrogen (secondary N) is 2. The summed E-state index contributed by atoms with van der Waals surface area (Å²) in [5.74, 6) is -0.236. The third kappa shape index (κ3) is 3.42. The van der Waals surface area contributed by atoms with Crippen LogP contribution in [-0.4, -0.2) is 24.6 Å². The number of anilines is 2. The Bertz CT molecular complexity index is 406. The van der Waals surface area contributed by atoms with Crippen molar-refractivity contribution in [2.24, 2.45) is 0 Å². The molecule has 0 spiro atoms.